The molecular weight excluding hydrogens is 521 g/mol. The van der Waals surface area contributed by atoms with Crippen LogP contribution in [0.25, 0.3) is 0 Å². The molecule has 3 rings (SSSR count). The third-order valence-corrected chi connectivity index (χ3v) is 7.58. The highest BCUT2D eigenvalue weighted by Crippen LogP contribution is 2.45. The van der Waals surface area contributed by atoms with E-state index in [-0.39, 0.29) is 23.0 Å². The number of rotatable bonds is 10. The fraction of sp³-hybridized carbons (Fsp3) is 0.481. The predicted molar refractivity (Wildman–Crippen MR) is 140 cm³/mol. The van der Waals surface area contributed by atoms with Gasteiger partial charge in [-0.3, -0.25) is 9.59 Å². The van der Waals surface area contributed by atoms with Crippen molar-refractivity contribution in [1.29, 1.82) is 0 Å². The Morgan fingerprint density at radius 3 is 1.97 bits per heavy atom. The first-order valence-electron chi connectivity index (χ1n) is 12.3. The SMILES string of the molecule is CCCN(CCC)C(=O)C1CSC(c2ccc(C(F)(F)F)cc2)N1C(=O)c1cc(OC)c(OC)c(OC)c1. The van der Waals surface area contributed by atoms with Gasteiger partial charge in [0, 0.05) is 24.4 Å². The highest BCUT2D eigenvalue weighted by Gasteiger charge is 2.44. The number of hydrogen-bond donors (Lipinski definition) is 0. The van der Waals surface area contributed by atoms with Crippen LogP contribution in [0.5, 0.6) is 17.2 Å². The summed E-state index contributed by atoms with van der Waals surface area (Å²) in [4.78, 5) is 30.9. The Morgan fingerprint density at radius 2 is 1.53 bits per heavy atom. The van der Waals surface area contributed by atoms with E-state index in [4.69, 9.17) is 14.2 Å². The highest BCUT2D eigenvalue weighted by molar-refractivity contribution is 7.99. The van der Waals surface area contributed by atoms with Crippen LogP contribution in [-0.2, 0) is 11.0 Å². The van der Waals surface area contributed by atoms with Gasteiger partial charge in [-0.15, -0.1) is 11.8 Å². The maximum Gasteiger partial charge on any atom is 0.416 e. The summed E-state index contributed by atoms with van der Waals surface area (Å²) in [6.45, 7) is 5.04. The maximum atomic E-state index is 14.1. The molecule has 1 aliphatic heterocycles. The Balaban J connectivity index is 2.08. The monoisotopic (exact) mass is 554 g/mol. The first-order chi connectivity index (χ1) is 18.1. The minimum atomic E-state index is -4.48. The van der Waals surface area contributed by atoms with Crippen molar-refractivity contribution in [3.8, 4) is 17.2 Å². The zero-order valence-electron chi connectivity index (χ0n) is 22.1. The van der Waals surface area contributed by atoms with Crippen LogP contribution in [0.15, 0.2) is 36.4 Å². The molecule has 0 N–H and O–H groups in total. The van der Waals surface area contributed by atoms with Crippen molar-refractivity contribution in [3.05, 3.63) is 53.1 Å². The lowest BCUT2D eigenvalue weighted by atomic mass is 10.1. The van der Waals surface area contributed by atoms with Crippen molar-refractivity contribution < 1.29 is 37.0 Å². The average Bonchev–Trinajstić information content (AvgIpc) is 3.35. The molecule has 2 aromatic carbocycles. The third-order valence-electron chi connectivity index (χ3n) is 6.25. The minimum Gasteiger partial charge on any atom is -0.493 e. The van der Waals surface area contributed by atoms with E-state index in [9.17, 15) is 22.8 Å². The summed E-state index contributed by atoms with van der Waals surface area (Å²) in [6, 6.07) is 6.93. The summed E-state index contributed by atoms with van der Waals surface area (Å²) >= 11 is 1.35. The Morgan fingerprint density at radius 1 is 0.974 bits per heavy atom. The van der Waals surface area contributed by atoms with Crippen molar-refractivity contribution in [2.45, 2.75) is 44.3 Å². The van der Waals surface area contributed by atoms with Gasteiger partial charge in [0.15, 0.2) is 11.5 Å². The van der Waals surface area contributed by atoms with Gasteiger partial charge in [0.05, 0.1) is 26.9 Å². The van der Waals surface area contributed by atoms with Gasteiger partial charge in [0.1, 0.15) is 11.4 Å². The number of methoxy groups -OCH3 is 3. The van der Waals surface area contributed by atoms with Crippen LogP contribution < -0.4 is 14.2 Å². The summed E-state index contributed by atoms with van der Waals surface area (Å²) < 4.78 is 55.7. The van der Waals surface area contributed by atoms with Crippen LogP contribution in [0.2, 0.25) is 0 Å². The molecule has 7 nitrogen and oxygen atoms in total. The van der Waals surface area contributed by atoms with E-state index in [2.05, 4.69) is 0 Å². The molecule has 0 spiro atoms. The van der Waals surface area contributed by atoms with Gasteiger partial charge in [-0.1, -0.05) is 26.0 Å². The van der Waals surface area contributed by atoms with E-state index in [0.717, 1.165) is 25.0 Å². The van der Waals surface area contributed by atoms with Crippen molar-refractivity contribution >= 4 is 23.6 Å². The molecule has 2 unspecified atom stereocenters. The molecule has 1 saturated heterocycles. The topological polar surface area (TPSA) is 68.3 Å². The minimum absolute atomic E-state index is 0.184. The van der Waals surface area contributed by atoms with Crippen LogP contribution in [0, 0.1) is 0 Å². The molecule has 2 amide bonds. The number of carbonyl (C=O) groups is 2. The number of benzene rings is 2. The first kappa shape index (κ1) is 29.5. The molecule has 1 fully saturated rings. The largest absolute Gasteiger partial charge is 0.493 e. The number of ether oxygens (including phenoxy) is 3. The van der Waals surface area contributed by atoms with Gasteiger partial charge in [0.25, 0.3) is 5.91 Å². The maximum absolute atomic E-state index is 14.1. The number of amides is 2. The van der Waals surface area contributed by atoms with E-state index < -0.39 is 29.1 Å². The van der Waals surface area contributed by atoms with Crippen LogP contribution >= 0.6 is 11.8 Å². The normalized spacial score (nSPS) is 17.3. The number of hydrogen-bond acceptors (Lipinski definition) is 6. The second-order valence-corrected chi connectivity index (χ2v) is 9.89. The third kappa shape index (κ3) is 6.14. The second-order valence-electron chi connectivity index (χ2n) is 8.77. The van der Waals surface area contributed by atoms with E-state index in [0.29, 0.717) is 30.2 Å². The number of carbonyl (C=O) groups excluding carboxylic acids is 2. The molecule has 0 aliphatic carbocycles. The quantitative estimate of drug-likeness (QED) is 0.379. The van der Waals surface area contributed by atoms with Crippen molar-refractivity contribution in [3.63, 3.8) is 0 Å². The van der Waals surface area contributed by atoms with Gasteiger partial charge in [0.2, 0.25) is 11.7 Å². The zero-order valence-corrected chi connectivity index (χ0v) is 22.9. The van der Waals surface area contributed by atoms with Gasteiger partial charge in [-0.05, 0) is 42.7 Å². The standard InChI is InChI=1S/C27H33F3N2O5S/c1-6-12-31(13-7-2)25(34)20-16-38-26(17-8-10-19(11-9-17)27(28,29)30)32(20)24(33)18-14-21(35-3)23(37-5)22(15-18)36-4/h8-11,14-15,20,26H,6-7,12-13,16H2,1-5H3. The zero-order chi connectivity index (χ0) is 28.0. The summed E-state index contributed by atoms with van der Waals surface area (Å²) in [5.74, 6) is 0.516. The molecule has 208 valence electrons. The molecule has 1 aliphatic rings. The van der Waals surface area contributed by atoms with Gasteiger partial charge < -0.3 is 24.0 Å². The molecule has 0 radical (unpaired) electrons. The van der Waals surface area contributed by atoms with Gasteiger partial charge in [-0.25, -0.2) is 0 Å². The van der Waals surface area contributed by atoms with Crippen molar-refractivity contribution in [2.24, 2.45) is 0 Å². The summed E-state index contributed by atoms with van der Waals surface area (Å²) in [7, 11) is 4.31. The molecule has 1 heterocycles. The molecule has 2 aromatic rings. The number of nitrogens with zero attached hydrogens (tertiary/aromatic N) is 2. The van der Waals surface area contributed by atoms with E-state index in [1.807, 2.05) is 13.8 Å². The Kier molecular flexibility index (Phi) is 9.81. The number of thioether (sulfide) groups is 1. The number of halogens is 3. The van der Waals surface area contributed by atoms with Gasteiger partial charge in [-0.2, -0.15) is 13.2 Å². The van der Waals surface area contributed by atoms with E-state index in [1.165, 1.54) is 62.3 Å². The average molecular weight is 555 g/mol. The van der Waals surface area contributed by atoms with Crippen LogP contribution in [0.4, 0.5) is 13.2 Å². The Hall–Kier alpha value is -3.08. The highest BCUT2D eigenvalue weighted by atomic mass is 32.2. The molecule has 11 heteroatoms. The van der Waals surface area contributed by atoms with Crippen LogP contribution in [0.1, 0.15) is 53.5 Å². The van der Waals surface area contributed by atoms with Crippen molar-refractivity contribution in [1.82, 2.24) is 9.80 Å². The fourth-order valence-corrected chi connectivity index (χ4v) is 5.90. The Labute approximate surface area is 225 Å². The fourth-order valence-electron chi connectivity index (χ4n) is 4.47. The first-order valence-corrected chi connectivity index (χ1v) is 13.4. The molecule has 0 aromatic heterocycles. The lowest BCUT2D eigenvalue weighted by molar-refractivity contribution is -0.137. The summed E-state index contributed by atoms with van der Waals surface area (Å²) in [5.41, 5.74) is -0.0812. The lowest BCUT2D eigenvalue weighted by Crippen LogP contribution is -2.50. The molecule has 0 bridgehead atoms. The molecule has 2 atom stereocenters. The predicted octanol–water partition coefficient (Wildman–Crippen LogP) is 5.64. The summed E-state index contributed by atoms with van der Waals surface area (Å²) in [5, 5.41) is -0.664. The molecule has 0 saturated carbocycles. The summed E-state index contributed by atoms with van der Waals surface area (Å²) in [6.07, 6.45) is -2.96. The van der Waals surface area contributed by atoms with Crippen molar-refractivity contribution in [2.75, 3.05) is 40.2 Å². The van der Waals surface area contributed by atoms with E-state index in [1.54, 1.807) is 4.90 Å². The molecule has 38 heavy (non-hydrogen) atoms. The lowest BCUT2D eigenvalue weighted by Gasteiger charge is -2.33. The number of alkyl halides is 3. The van der Waals surface area contributed by atoms with Gasteiger partial charge >= 0.3 is 6.18 Å². The Bertz CT molecular complexity index is 1100. The molecular formula is C27H33F3N2O5S. The smallest absolute Gasteiger partial charge is 0.416 e. The second kappa shape index (κ2) is 12.6. The van der Waals surface area contributed by atoms with Crippen LogP contribution in [0.3, 0.4) is 0 Å². The van der Waals surface area contributed by atoms with Crippen LogP contribution in [-0.4, -0.2) is 67.8 Å². The van der Waals surface area contributed by atoms with E-state index >= 15 is 0 Å².